The van der Waals surface area contributed by atoms with Gasteiger partial charge in [0.1, 0.15) is 11.2 Å². The number of methoxy groups -OCH3 is 2. The van der Waals surface area contributed by atoms with Crippen LogP contribution in [0.2, 0.25) is 0 Å². The molecule has 4 rings (SSSR count). The first-order chi connectivity index (χ1) is 13.7. The van der Waals surface area contributed by atoms with Crippen LogP contribution in [0, 0.1) is 12.3 Å². The number of alkyl halides is 2. The van der Waals surface area contributed by atoms with Crippen LogP contribution in [0.4, 0.5) is 14.5 Å². The smallest absolute Gasteiger partial charge is 0.319 e. The molecule has 0 aliphatic carbocycles. The molecule has 4 heterocycles. The molecule has 1 fully saturated rings. The second-order valence-corrected chi connectivity index (χ2v) is 7.77. The monoisotopic (exact) mass is 404 g/mol. The predicted molar refractivity (Wildman–Crippen MR) is 103 cm³/mol. The van der Waals surface area contributed by atoms with Crippen molar-refractivity contribution in [2.45, 2.75) is 26.7 Å². The number of fused-ring (bicyclic) bond motifs is 1. The third-order valence-electron chi connectivity index (χ3n) is 5.33. The molecule has 0 unspecified atom stereocenters. The highest BCUT2D eigenvalue weighted by molar-refractivity contribution is 5.89. The predicted octanol–water partition coefficient (Wildman–Crippen LogP) is 2.99. The molecule has 0 saturated carbocycles. The molecule has 8 nitrogen and oxygen atoms in total. The van der Waals surface area contributed by atoms with E-state index in [0.717, 1.165) is 5.69 Å². The van der Waals surface area contributed by atoms with Crippen molar-refractivity contribution >= 4 is 11.2 Å². The minimum atomic E-state index is -2.85. The van der Waals surface area contributed by atoms with Crippen molar-refractivity contribution in [2.24, 2.45) is 5.41 Å². The van der Waals surface area contributed by atoms with E-state index in [-0.39, 0.29) is 18.4 Å². The van der Waals surface area contributed by atoms with Crippen LogP contribution in [0.5, 0.6) is 11.9 Å². The van der Waals surface area contributed by atoms with Gasteiger partial charge >= 0.3 is 6.01 Å². The van der Waals surface area contributed by atoms with Gasteiger partial charge in [-0.2, -0.15) is 10.1 Å². The van der Waals surface area contributed by atoms with E-state index in [9.17, 15) is 8.78 Å². The Morgan fingerprint density at radius 3 is 2.45 bits per heavy atom. The first-order valence-electron chi connectivity index (χ1n) is 9.10. The Labute approximate surface area is 166 Å². The van der Waals surface area contributed by atoms with E-state index >= 15 is 0 Å². The topological polar surface area (TPSA) is 77.7 Å². The van der Waals surface area contributed by atoms with Crippen LogP contribution in [-0.2, 0) is 0 Å². The van der Waals surface area contributed by atoms with E-state index in [1.165, 1.54) is 20.4 Å². The van der Waals surface area contributed by atoms with Crippen LogP contribution in [0.25, 0.3) is 16.8 Å². The lowest BCUT2D eigenvalue weighted by molar-refractivity contribution is -0.0642. The maximum atomic E-state index is 14.7. The third-order valence-corrected chi connectivity index (χ3v) is 5.33. The van der Waals surface area contributed by atoms with E-state index in [4.69, 9.17) is 9.47 Å². The van der Waals surface area contributed by atoms with Gasteiger partial charge in [-0.3, -0.25) is 4.98 Å². The fourth-order valence-corrected chi connectivity index (χ4v) is 3.60. The van der Waals surface area contributed by atoms with Gasteiger partial charge in [0.2, 0.25) is 5.88 Å². The Morgan fingerprint density at radius 2 is 1.83 bits per heavy atom. The number of halogens is 2. The zero-order chi connectivity index (χ0) is 21.0. The van der Waals surface area contributed by atoms with Crippen molar-refractivity contribution in [1.29, 1.82) is 0 Å². The minimum Gasteiger partial charge on any atom is -0.480 e. The molecule has 10 heteroatoms. The van der Waals surface area contributed by atoms with Gasteiger partial charge in [0.15, 0.2) is 0 Å². The van der Waals surface area contributed by atoms with Crippen LogP contribution in [-0.4, -0.2) is 57.8 Å². The summed E-state index contributed by atoms with van der Waals surface area (Å²) >= 11 is 0. The second-order valence-electron chi connectivity index (χ2n) is 7.77. The molecular weight excluding hydrogens is 382 g/mol. The fourth-order valence-electron chi connectivity index (χ4n) is 3.60. The number of hydrogen-bond donors (Lipinski definition) is 0. The van der Waals surface area contributed by atoms with Gasteiger partial charge < -0.3 is 14.4 Å². The molecule has 0 atom stereocenters. The Kier molecular flexibility index (Phi) is 4.32. The molecule has 0 amide bonds. The maximum Gasteiger partial charge on any atom is 0.319 e. The molecule has 0 N–H and O–H groups in total. The zero-order valence-electron chi connectivity index (χ0n) is 16.9. The van der Waals surface area contributed by atoms with Crippen molar-refractivity contribution in [1.82, 2.24) is 24.6 Å². The van der Waals surface area contributed by atoms with Crippen molar-refractivity contribution in [2.75, 3.05) is 32.2 Å². The molecule has 29 heavy (non-hydrogen) atoms. The molecule has 3 aromatic heterocycles. The Hall–Kier alpha value is -3.04. The number of nitrogens with zero attached hydrogens (tertiary/aromatic N) is 6. The summed E-state index contributed by atoms with van der Waals surface area (Å²) in [6.07, 6.45) is 4.81. The van der Waals surface area contributed by atoms with E-state index in [1.54, 1.807) is 35.7 Å². The summed E-state index contributed by atoms with van der Waals surface area (Å²) in [7, 11) is 2.93. The second kappa shape index (κ2) is 6.50. The highest BCUT2D eigenvalue weighted by Crippen LogP contribution is 2.48. The van der Waals surface area contributed by atoms with Gasteiger partial charge in [-0.25, -0.2) is 18.3 Å². The lowest BCUT2D eigenvalue weighted by Crippen LogP contribution is -2.34. The molecule has 1 saturated heterocycles. The highest BCUT2D eigenvalue weighted by Gasteiger charge is 2.55. The Morgan fingerprint density at radius 1 is 1.07 bits per heavy atom. The molecule has 0 aromatic carbocycles. The number of anilines is 1. The van der Waals surface area contributed by atoms with E-state index in [0.29, 0.717) is 22.5 Å². The first kappa shape index (κ1) is 19.3. The number of rotatable bonds is 4. The normalized spacial score (nSPS) is 17.7. The van der Waals surface area contributed by atoms with Crippen LogP contribution in [0.1, 0.15) is 19.5 Å². The Bertz CT molecular complexity index is 1070. The molecule has 1 aliphatic heterocycles. The molecule has 3 aromatic rings. The molecule has 154 valence electrons. The van der Waals surface area contributed by atoms with Gasteiger partial charge in [0.05, 0.1) is 43.9 Å². The van der Waals surface area contributed by atoms with E-state index in [2.05, 4.69) is 20.1 Å². The fraction of sp³-hybridized carbons (Fsp3) is 0.474. The summed E-state index contributed by atoms with van der Waals surface area (Å²) in [4.78, 5) is 14.3. The lowest BCUT2D eigenvalue weighted by Gasteiger charge is -2.24. The minimum absolute atomic E-state index is 0.141. The molecule has 0 spiro atoms. The number of ether oxygens (including phenoxy) is 2. The van der Waals surface area contributed by atoms with Crippen molar-refractivity contribution in [3.8, 4) is 23.1 Å². The van der Waals surface area contributed by atoms with Gasteiger partial charge in [0, 0.05) is 24.4 Å². The first-order valence-corrected chi connectivity index (χ1v) is 9.10. The van der Waals surface area contributed by atoms with E-state index < -0.39 is 17.9 Å². The lowest BCUT2D eigenvalue weighted by atomic mass is 9.89. The summed E-state index contributed by atoms with van der Waals surface area (Å²) in [6, 6.07) is 0.141. The Balaban J connectivity index is 1.97. The van der Waals surface area contributed by atoms with E-state index in [1.807, 2.05) is 6.92 Å². The average Bonchev–Trinajstić information content (AvgIpc) is 3.16. The van der Waals surface area contributed by atoms with Gasteiger partial charge in [0.25, 0.3) is 5.92 Å². The molecule has 0 bridgehead atoms. The van der Waals surface area contributed by atoms with Crippen LogP contribution < -0.4 is 14.4 Å². The largest absolute Gasteiger partial charge is 0.480 e. The average molecular weight is 404 g/mol. The quantitative estimate of drug-likeness (QED) is 0.662. The van der Waals surface area contributed by atoms with Crippen LogP contribution >= 0.6 is 0 Å². The zero-order valence-corrected chi connectivity index (χ0v) is 16.9. The van der Waals surface area contributed by atoms with Crippen molar-refractivity contribution < 1.29 is 18.3 Å². The summed E-state index contributed by atoms with van der Waals surface area (Å²) in [6.45, 7) is 4.74. The van der Waals surface area contributed by atoms with Gasteiger partial charge in [-0.05, 0) is 6.92 Å². The van der Waals surface area contributed by atoms with Crippen LogP contribution in [0.3, 0.4) is 0 Å². The number of aryl methyl sites for hydroxylation is 1. The number of hydrogen-bond acceptors (Lipinski definition) is 7. The number of aromatic nitrogens is 5. The summed E-state index contributed by atoms with van der Waals surface area (Å²) in [5, 5.41) is 4.68. The third kappa shape index (κ3) is 2.93. The molecular formula is C19H22F2N6O2. The summed E-state index contributed by atoms with van der Waals surface area (Å²) < 4.78 is 41.5. The summed E-state index contributed by atoms with van der Waals surface area (Å²) in [5.41, 5.74) is 1.71. The standard InChI is InChI=1S/C19H22F2N6O2/c1-11-6-22-8-13-15(26-9-18(2,3)19(20,21)10-26)14(25-27(11)13)12-7-23-17(29-5)24-16(12)28-4/h6-8H,9-10H2,1-5H3. The van der Waals surface area contributed by atoms with Crippen molar-refractivity contribution in [3.05, 3.63) is 24.3 Å². The maximum absolute atomic E-state index is 14.7. The van der Waals surface area contributed by atoms with Crippen LogP contribution in [0.15, 0.2) is 18.6 Å². The SMILES string of the molecule is COc1ncc(-c2nn3c(C)cncc3c2N2CC(C)(C)C(F)(F)C2)c(OC)n1. The van der Waals surface area contributed by atoms with Crippen molar-refractivity contribution in [3.63, 3.8) is 0 Å². The summed E-state index contributed by atoms with van der Waals surface area (Å²) in [5.74, 6) is -2.60. The van der Waals surface area contributed by atoms with Gasteiger partial charge in [-0.1, -0.05) is 13.8 Å². The molecule has 1 aliphatic rings. The molecule has 0 radical (unpaired) electrons. The van der Waals surface area contributed by atoms with Gasteiger partial charge in [-0.15, -0.1) is 0 Å². The highest BCUT2D eigenvalue weighted by atomic mass is 19.3.